The first-order chi connectivity index (χ1) is 13.5. The highest BCUT2D eigenvalue weighted by Crippen LogP contribution is 2.36. The lowest BCUT2D eigenvalue weighted by molar-refractivity contribution is -0.0182. The van der Waals surface area contributed by atoms with Crippen molar-refractivity contribution < 1.29 is 22.6 Å². The van der Waals surface area contributed by atoms with Gasteiger partial charge in [-0.15, -0.1) is 0 Å². The fourth-order valence-corrected chi connectivity index (χ4v) is 3.52. The molecule has 2 aromatic carbocycles. The molecule has 0 aliphatic carbocycles. The molecule has 2 atom stereocenters. The first-order valence-electron chi connectivity index (χ1n) is 10.1. The van der Waals surface area contributed by atoms with Gasteiger partial charge in [0, 0.05) is 11.1 Å². The third-order valence-corrected chi connectivity index (χ3v) is 5.40. The van der Waals surface area contributed by atoms with Gasteiger partial charge in [0.1, 0.15) is 5.82 Å². The van der Waals surface area contributed by atoms with Crippen LogP contribution in [0.15, 0.2) is 30.3 Å². The van der Waals surface area contributed by atoms with E-state index in [1.54, 1.807) is 6.07 Å². The molecule has 1 aliphatic rings. The van der Waals surface area contributed by atoms with Gasteiger partial charge in [-0.25, -0.2) is 8.78 Å². The number of unbranched alkanes of at least 4 members (excludes halogenated alkanes) is 1. The Hall–Kier alpha value is -2.01. The van der Waals surface area contributed by atoms with Gasteiger partial charge in [-0.1, -0.05) is 38.8 Å². The molecule has 5 heteroatoms. The van der Waals surface area contributed by atoms with Gasteiger partial charge in [0.05, 0.1) is 19.3 Å². The molecule has 0 N–H and O–H groups in total. The average Bonchev–Trinajstić information content (AvgIpc) is 2.72. The van der Waals surface area contributed by atoms with Crippen LogP contribution in [0.5, 0.6) is 5.75 Å². The van der Waals surface area contributed by atoms with E-state index >= 15 is 0 Å². The zero-order chi connectivity index (χ0) is 20.1. The maximum absolute atomic E-state index is 14.7. The highest BCUT2D eigenvalue weighted by atomic mass is 19.2. The minimum Gasteiger partial charge on any atom is -0.490 e. The average molecular weight is 392 g/mol. The summed E-state index contributed by atoms with van der Waals surface area (Å²) in [4.78, 5) is 0. The number of ether oxygens (including phenoxy) is 2. The van der Waals surface area contributed by atoms with Gasteiger partial charge in [0.2, 0.25) is 5.82 Å². The van der Waals surface area contributed by atoms with E-state index in [2.05, 4.69) is 6.92 Å². The lowest BCUT2D eigenvalue weighted by Gasteiger charge is -2.28. The standard InChI is InChI=1S/C23H27F3O2/c1-3-5-12-27-21-11-9-18(22(25)23(21)26)17-8-7-16(13-19(17)24)20-10-6-15(4-2)14-28-20/h7-9,11,13,15,20H,3-6,10,12,14H2,1-2H3. The molecule has 0 saturated carbocycles. The Kier molecular flexibility index (Phi) is 7.00. The zero-order valence-electron chi connectivity index (χ0n) is 16.4. The molecular formula is C23H27F3O2. The summed E-state index contributed by atoms with van der Waals surface area (Å²) in [6.45, 7) is 5.10. The predicted octanol–water partition coefficient (Wildman–Crippen LogP) is 6.83. The fourth-order valence-electron chi connectivity index (χ4n) is 3.52. The maximum Gasteiger partial charge on any atom is 0.201 e. The molecule has 28 heavy (non-hydrogen) atoms. The molecule has 2 aromatic rings. The Morgan fingerprint density at radius 1 is 1.00 bits per heavy atom. The molecule has 1 heterocycles. The Bertz CT molecular complexity index is 799. The minimum atomic E-state index is -1.10. The molecule has 3 rings (SSSR count). The van der Waals surface area contributed by atoms with Crippen LogP contribution >= 0.6 is 0 Å². The Balaban J connectivity index is 1.79. The summed E-state index contributed by atoms with van der Waals surface area (Å²) in [5.74, 6) is -2.36. The molecular weight excluding hydrogens is 365 g/mol. The summed E-state index contributed by atoms with van der Waals surface area (Å²) in [6.07, 6.45) is 4.45. The predicted molar refractivity (Wildman–Crippen MR) is 104 cm³/mol. The van der Waals surface area contributed by atoms with E-state index in [0.29, 0.717) is 19.1 Å². The van der Waals surface area contributed by atoms with Crippen LogP contribution in [0.1, 0.15) is 57.6 Å². The normalized spacial score (nSPS) is 19.6. The van der Waals surface area contributed by atoms with Gasteiger partial charge in [0.25, 0.3) is 0 Å². The summed E-state index contributed by atoms with van der Waals surface area (Å²) in [6, 6.07) is 7.32. The van der Waals surface area contributed by atoms with E-state index < -0.39 is 17.5 Å². The van der Waals surface area contributed by atoms with Gasteiger partial charge >= 0.3 is 0 Å². The van der Waals surface area contributed by atoms with Crippen LogP contribution < -0.4 is 4.74 Å². The number of hydrogen-bond donors (Lipinski definition) is 0. The molecule has 0 aromatic heterocycles. The number of rotatable bonds is 7. The van der Waals surface area contributed by atoms with Crippen molar-refractivity contribution in [2.45, 2.75) is 52.1 Å². The summed E-state index contributed by atoms with van der Waals surface area (Å²) in [5, 5.41) is 0. The van der Waals surface area contributed by atoms with Crippen molar-refractivity contribution in [2.24, 2.45) is 5.92 Å². The molecule has 0 bridgehead atoms. The van der Waals surface area contributed by atoms with E-state index in [1.807, 2.05) is 6.92 Å². The molecule has 0 amide bonds. The summed E-state index contributed by atoms with van der Waals surface area (Å²) in [5.41, 5.74) is 0.652. The van der Waals surface area contributed by atoms with E-state index in [1.165, 1.54) is 24.3 Å². The van der Waals surface area contributed by atoms with Crippen molar-refractivity contribution in [1.82, 2.24) is 0 Å². The second kappa shape index (κ2) is 9.46. The van der Waals surface area contributed by atoms with Crippen molar-refractivity contribution in [2.75, 3.05) is 13.2 Å². The van der Waals surface area contributed by atoms with Crippen LogP contribution in [0.25, 0.3) is 11.1 Å². The molecule has 2 nitrogen and oxygen atoms in total. The van der Waals surface area contributed by atoms with Crippen molar-refractivity contribution in [3.8, 4) is 16.9 Å². The SMILES string of the molecule is CCCCOc1ccc(-c2ccc(C3CCC(CC)CO3)cc2F)c(F)c1F. The van der Waals surface area contributed by atoms with Crippen LogP contribution in [0.3, 0.4) is 0 Å². The topological polar surface area (TPSA) is 18.5 Å². The molecule has 1 aliphatic heterocycles. The second-order valence-electron chi connectivity index (χ2n) is 7.35. The zero-order valence-corrected chi connectivity index (χ0v) is 16.4. The summed E-state index contributed by atoms with van der Waals surface area (Å²) < 4.78 is 54.7. The van der Waals surface area contributed by atoms with Crippen LogP contribution in [0.4, 0.5) is 13.2 Å². The Labute approximate surface area is 164 Å². The summed E-state index contributed by atoms with van der Waals surface area (Å²) in [7, 11) is 0. The van der Waals surface area contributed by atoms with E-state index in [9.17, 15) is 13.2 Å². The van der Waals surface area contributed by atoms with Crippen molar-refractivity contribution in [3.05, 3.63) is 53.3 Å². The molecule has 1 fully saturated rings. The molecule has 0 spiro atoms. The van der Waals surface area contributed by atoms with Crippen LogP contribution in [0.2, 0.25) is 0 Å². The quantitative estimate of drug-likeness (QED) is 0.481. The van der Waals surface area contributed by atoms with Crippen LogP contribution in [0, 0.1) is 23.4 Å². The lowest BCUT2D eigenvalue weighted by Crippen LogP contribution is -2.20. The largest absolute Gasteiger partial charge is 0.490 e. The number of hydrogen-bond acceptors (Lipinski definition) is 2. The Morgan fingerprint density at radius 2 is 1.79 bits per heavy atom. The molecule has 2 unspecified atom stereocenters. The van der Waals surface area contributed by atoms with E-state index in [-0.39, 0.29) is 23.0 Å². The highest BCUT2D eigenvalue weighted by molar-refractivity contribution is 5.66. The minimum absolute atomic E-state index is 0.0301. The molecule has 152 valence electrons. The first-order valence-corrected chi connectivity index (χ1v) is 10.1. The third kappa shape index (κ3) is 4.52. The second-order valence-corrected chi connectivity index (χ2v) is 7.35. The van der Waals surface area contributed by atoms with Crippen LogP contribution in [-0.4, -0.2) is 13.2 Å². The lowest BCUT2D eigenvalue weighted by atomic mass is 9.92. The fraction of sp³-hybridized carbons (Fsp3) is 0.478. The number of halogens is 3. The number of benzene rings is 2. The highest BCUT2D eigenvalue weighted by Gasteiger charge is 2.24. The monoisotopic (exact) mass is 392 g/mol. The van der Waals surface area contributed by atoms with Gasteiger partial charge in [-0.2, -0.15) is 4.39 Å². The molecule has 1 saturated heterocycles. The Morgan fingerprint density at radius 3 is 2.43 bits per heavy atom. The third-order valence-electron chi connectivity index (χ3n) is 5.40. The van der Waals surface area contributed by atoms with Crippen molar-refractivity contribution >= 4 is 0 Å². The van der Waals surface area contributed by atoms with Gasteiger partial charge in [-0.05, 0) is 48.9 Å². The molecule has 0 radical (unpaired) electrons. The first kappa shape index (κ1) is 20.7. The maximum atomic E-state index is 14.7. The van der Waals surface area contributed by atoms with Gasteiger partial charge < -0.3 is 9.47 Å². The van der Waals surface area contributed by atoms with Gasteiger partial charge in [0.15, 0.2) is 11.6 Å². The van der Waals surface area contributed by atoms with Crippen LogP contribution in [-0.2, 0) is 4.74 Å². The smallest absolute Gasteiger partial charge is 0.201 e. The van der Waals surface area contributed by atoms with E-state index in [4.69, 9.17) is 9.47 Å². The van der Waals surface area contributed by atoms with Crippen molar-refractivity contribution in [1.29, 1.82) is 0 Å². The van der Waals surface area contributed by atoms with E-state index in [0.717, 1.165) is 37.7 Å². The van der Waals surface area contributed by atoms with Crippen molar-refractivity contribution in [3.63, 3.8) is 0 Å². The summed E-state index contributed by atoms with van der Waals surface area (Å²) >= 11 is 0. The van der Waals surface area contributed by atoms with Gasteiger partial charge in [-0.3, -0.25) is 0 Å².